The fourth-order valence-electron chi connectivity index (χ4n) is 1.06. The number of carboxylic acids is 1. The van der Waals surface area contributed by atoms with Crippen molar-refractivity contribution >= 4 is 5.97 Å². The van der Waals surface area contributed by atoms with Crippen LogP contribution in [-0.4, -0.2) is 37.4 Å². The minimum absolute atomic E-state index is 0.421. The molecule has 4 heteroatoms. The van der Waals surface area contributed by atoms with Crippen molar-refractivity contribution in [2.24, 2.45) is 0 Å². The molecule has 0 aliphatic carbocycles. The van der Waals surface area contributed by atoms with E-state index in [-0.39, 0.29) is 0 Å². The van der Waals surface area contributed by atoms with Gasteiger partial charge < -0.3 is 15.2 Å². The number of nitrogens with one attached hydrogen (secondary N) is 1. The highest BCUT2D eigenvalue weighted by molar-refractivity contribution is 5.73. The largest absolute Gasteiger partial charge is 0.480 e. The third-order valence-electron chi connectivity index (χ3n) is 1.84. The number of methoxy groups -OCH3 is 1. The van der Waals surface area contributed by atoms with Crippen LogP contribution in [-0.2, 0) is 9.53 Å². The molecule has 0 bridgehead atoms. The van der Waals surface area contributed by atoms with Crippen molar-refractivity contribution in [3.63, 3.8) is 0 Å². The summed E-state index contributed by atoms with van der Waals surface area (Å²) in [6.45, 7) is 3.20. The molecule has 0 saturated carbocycles. The summed E-state index contributed by atoms with van der Waals surface area (Å²) in [5, 5.41) is 11.7. The second-order valence-electron chi connectivity index (χ2n) is 2.98. The molecule has 0 rings (SSSR count). The summed E-state index contributed by atoms with van der Waals surface area (Å²) < 4.78 is 4.82. The van der Waals surface area contributed by atoms with Crippen LogP contribution in [0, 0.1) is 0 Å². The Balaban J connectivity index is 3.61. The molecule has 1 unspecified atom stereocenters. The topological polar surface area (TPSA) is 58.6 Å². The Hall–Kier alpha value is -0.610. The van der Waals surface area contributed by atoms with Crippen LogP contribution in [0.15, 0.2) is 0 Å². The Morgan fingerprint density at radius 3 is 2.77 bits per heavy atom. The van der Waals surface area contributed by atoms with E-state index in [1.165, 1.54) is 0 Å². The third kappa shape index (κ3) is 6.54. The van der Waals surface area contributed by atoms with Crippen molar-refractivity contribution in [2.75, 3.05) is 20.3 Å². The van der Waals surface area contributed by atoms with E-state index in [2.05, 4.69) is 5.32 Å². The molecule has 13 heavy (non-hydrogen) atoms. The third-order valence-corrected chi connectivity index (χ3v) is 1.84. The van der Waals surface area contributed by atoms with Gasteiger partial charge in [-0.2, -0.15) is 0 Å². The van der Waals surface area contributed by atoms with Gasteiger partial charge in [0.05, 0.1) is 6.61 Å². The molecule has 0 aliphatic rings. The maximum atomic E-state index is 10.7. The Labute approximate surface area is 79.3 Å². The van der Waals surface area contributed by atoms with Gasteiger partial charge in [-0.15, -0.1) is 0 Å². The highest BCUT2D eigenvalue weighted by Crippen LogP contribution is 2.00. The molecule has 0 fully saturated rings. The fraction of sp³-hybridized carbons (Fsp3) is 0.889. The van der Waals surface area contributed by atoms with Crippen molar-refractivity contribution in [3.05, 3.63) is 0 Å². The summed E-state index contributed by atoms with van der Waals surface area (Å²) in [4.78, 5) is 10.7. The number of aliphatic carboxylic acids is 1. The zero-order valence-electron chi connectivity index (χ0n) is 8.38. The number of carbonyl (C=O) groups is 1. The molecule has 0 aromatic carbocycles. The number of carboxylic acid groups (broad SMARTS) is 1. The molecule has 0 aromatic rings. The van der Waals surface area contributed by atoms with Crippen LogP contribution in [0.4, 0.5) is 0 Å². The predicted octanol–water partition coefficient (Wildman–Crippen LogP) is 0.866. The number of hydrogen-bond acceptors (Lipinski definition) is 3. The molecule has 0 amide bonds. The lowest BCUT2D eigenvalue weighted by Gasteiger charge is -2.13. The first-order valence-corrected chi connectivity index (χ1v) is 4.67. The molecule has 0 radical (unpaired) electrons. The average molecular weight is 189 g/mol. The maximum absolute atomic E-state index is 10.7. The molecule has 0 aliphatic heterocycles. The van der Waals surface area contributed by atoms with Gasteiger partial charge in [0.15, 0.2) is 0 Å². The molecule has 0 aromatic heterocycles. The second-order valence-corrected chi connectivity index (χ2v) is 2.98. The van der Waals surface area contributed by atoms with E-state index >= 15 is 0 Å². The average Bonchev–Trinajstić information content (AvgIpc) is 2.10. The van der Waals surface area contributed by atoms with Crippen molar-refractivity contribution in [2.45, 2.75) is 32.2 Å². The molecule has 0 heterocycles. The van der Waals surface area contributed by atoms with Gasteiger partial charge in [-0.25, -0.2) is 0 Å². The van der Waals surface area contributed by atoms with Crippen LogP contribution in [0.1, 0.15) is 26.2 Å². The van der Waals surface area contributed by atoms with Crippen LogP contribution in [0.3, 0.4) is 0 Å². The first-order chi connectivity index (χ1) is 6.22. The molecular weight excluding hydrogens is 170 g/mol. The summed E-state index contributed by atoms with van der Waals surface area (Å²) in [7, 11) is 1.60. The second kappa shape index (κ2) is 8.01. The van der Waals surface area contributed by atoms with Gasteiger partial charge in [0.25, 0.3) is 0 Å². The van der Waals surface area contributed by atoms with E-state index < -0.39 is 12.0 Å². The molecule has 4 nitrogen and oxygen atoms in total. The molecule has 0 saturated heterocycles. The molecule has 78 valence electrons. The highest BCUT2D eigenvalue weighted by atomic mass is 16.5. The van der Waals surface area contributed by atoms with Crippen LogP contribution < -0.4 is 5.32 Å². The van der Waals surface area contributed by atoms with E-state index in [0.717, 1.165) is 12.8 Å². The number of unbranched alkanes of at least 4 members (excludes halogenated alkanes) is 1. The Morgan fingerprint density at radius 2 is 2.31 bits per heavy atom. The summed E-state index contributed by atoms with van der Waals surface area (Å²) in [6, 6.07) is -0.421. The molecule has 2 N–H and O–H groups in total. The van der Waals surface area contributed by atoms with Gasteiger partial charge in [-0.3, -0.25) is 4.79 Å². The Morgan fingerprint density at radius 1 is 1.62 bits per heavy atom. The minimum atomic E-state index is -0.774. The van der Waals surface area contributed by atoms with Gasteiger partial charge >= 0.3 is 5.97 Å². The number of hydrogen-bond donors (Lipinski definition) is 2. The lowest BCUT2D eigenvalue weighted by Crippen LogP contribution is -2.38. The first kappa shape index (κ1) is 12.4. The van der Waals surface area contributed by atoms with E-state index in [0.29, 0.717) is 19.6 Å². The lowest BCUT2D eigenvalue weighted by molar-refractivity contribution is -0.139. The first-order valence-electron chi connectivity index (χ1n) is 4.67. The summed E-state index contributed by atoms with van der Waals surface area (Å²) >= 11 is 0. The quantitative estimate of drug-likeness (QED) is 0.556. The fourth-order valence-corrected chi connectivity index (χ4v) is 1.06. The van der Waals surface area contributed by atoms with Crippen molar-refractivity contribution in [3.8, 4) is 0 Å². The van der Waals surface area contributed by atoms with E-state index in [1.54, 1.807) is 7.11 Å². The van der Waals surface area contributed by atoms with Crippen LogP contribution in [0.25, 0.3) is 0 Å². The van der Waals surface area contributed by atoms with E-state index in [1.807, 2.05) is 6.92 Å². The Kier molecular flexibility index (Phi) is 7.63. The Bertz CT molecular complexity index is 139. The number of rotatable bonds is 8. The highest BCUT2D eigenvalue weighted by Gasteiger charge is 2.14. The van der Waals surface area contributed by atoms with Crippen molar-refractivity contribution in [1.82, 2.24) is 5.32 Å². The number of ether oxygens (including phenoxy) is 1. The minimum Gasteiger partial charge on any atom is -0.480 e. The zero-order chi connectivity index (χ0) is 10.1. The molecular formula is C9H19NO3. The summed E-state index contributed by atoms with van der Waals surface area (Å²) in [5.74, 6) is -0.774. The summed E-state index contributed by atoms with van der Waals surface area (Å²) in [6.07, 6.45) is 2.65. The van der Waals surface area contributed by atoms with Crippen molar-refractivity contribution in [1.29, 1.82) is 0 Å². The smallest absolute Gasteiger partial charge is 0.320 e. The van der Waals surface area contributed by atoms with Gasteiger partial charge in [0.1, 0.15) is 6.04 Å². The monoisotopic (exact) mass is 189 g/mol. The predicted molar refractivity (Wildman–Crippen MR) is 50.8 cm³/mol. The van der Waals surface area contributed by atoms with Gasteiger partial charge in [0.2, 0.25) is 0 Å². The van der Waals surface area contributed by atoms with Gasteiger partial charge in [0, 0.05) is 13.7 Å². The van der Waals surface area contributed by atoms with Crippen LogP contribution in [0.2, 0.25) is 0 Å². The normalized spacial score (nSPS) is 12.8. The zero-order valence-corrected chi connectivity index (χ0v) is 8.38. The van der Waals surface area contributed by atoms with Gasteiger partial charge in [-0.1, -0.05) is 19.8 Å². The standard InChI is InChI=1S/C9H19NO3/c1-3-4-5-8(9(11)12)10-6-7-13-2/h8,10H,3-7H2,1-2H3,(H,11,12). The van der Waals surface area contributed by atoms with Crippen molar-refractivity contribution < 1.29 is 14.6 Å². The summed E-state index contributed by atoms with van der Waals surface area (Å²) in [5.41, 5.74) is 0. The van der Waals surface area contributed by atoms with E-state index in [4.69, 9.17) is 9.84 Å². The van der Waals surface area contributed by atoms with Crippen LogP contribution >= 0.6 is 0 Å². The molecule has 0 spiro atoms. The molecule has 1 atom stereocenters. The lowest BCUT2D eigenvalue weighted by atomic mass is 10.1. The SMILES string of the molecule is CCCCC(NCCOC)C(=O)O. The van der Waals surface area contributed by atoms with Gasteiger partial charge in [-0.05, 0) is 6.42 Å². The van der Waals surface area contributed by atoms with Crippen LogP contribution in [0.5, 0.6) is 0 Å². The van der Waals surface area contributed by atoms with E-state index in [9.17, 15) is 4.79 Å². The maximum Gasteiger partial charge on any atom is 0.320 e.